The highest BCUT2D eigenvalue weighted by Crippen LogP contribution is 2.15. The maximum absolute atomic E-state index is 12.9. The van der Waals surface area contributed by atoms with E-state index in [0.717, 1.165) is 28.3 Å². The molecule has 0 unspecified atom stereocenters. The highest BCUT2D eigenvalue weighted by Gasteiger charge is 2.13. The van der Waals surface area contributed by atoms with Crippen LogP contribution in [0, 0.1) is 0 Å². The lowest BCUT2D eigenvalue weighted by Gasteiger charge is -2.15. The van der Waals surface area contributed by atoms with Crippen LogP contribution in [0.2, 0.25) is 25.7 Å². The maximum atomic E-state index is 12.9. The average molecular weight is 420 g/mol. The molecule has 25 heavy (non-hydrogen) atoms. The summed E-state index contributed by atoms with van der Waals surface area (Å²) in [5, 5.41) is 0.917. The van der Waals surface area contributed by atoms with Crippen molar-refractivity contribution in [3.05, 3.63) is 57.8 Å². The summed E-state index contributed by atoms with van der Waals surface area (Å²) in [6.45, 7) is 8.10. The standard InChI is InChI=1S/C18H22BrN3O2Si/c1-25(2,3)11-10-24-13-21-8-6-14-7-9-22(18(23)17(14)21)15-4-5-16(19)20-12-15/h4-9,12H,10-11,13H2,1-3H3. The summed E-state index contributed by atoms with van der Waals surface area (Å²) in [6, 6.07) is 8.69. The highest BCUT2D eigenvalue weighted by atomic mass is 79.9. The molecule has 0 aliphatic carbocycles. The topological polar surface area (TPSA) is 49.0 Å². The molecule has 0 saturated heterocycles. The smallest absolute Gasteiger partial charge is 0.279 e. The fourth-order valence-electron chi connectivity index (χ4n) is 2.57. The second-order valence-corrected chi connectivity index (χ2v) is 13.7. The fourth-order valence-corrected chi connectivity index (χ4v) is 3.56. The molecule has 0 spiro atoms. The Bertz CT molecular complexity index is 926. The molecule has 3 rings (SSSR count). The van der Waals surface area contributed by atoms with E-state index in [4.69, 9.17) is 4.74 Å². The molecule has 0 aromatic carbocycles. The zero-order valence-corrected chi connectivity index (χ0v) is 17.3. The molecule has 0 amide bonds. The van der Waals surface area contributed by atoms with Gasteiger partial charge < -0.3 is 9.30 Å². The molecular formula is C18H22BrN3O2Si. The summed E-state index contributed by atoms with van der Waals surface area (Å²) < 4.78 is 10.0. The van der Waals surface area contributed by atoms with Crippen LogP contribution >= 0.6 is 15.9 Å². The monoisotopic (exact) mass is 419 g/mol. The van der Waals surface area contributed by atoms with Gasteiger partial charge in [-0.3, -0.25) is 9.36 Å². The Hall–Kier alpha value is -1.70. The van der Waals surface area contributed by atoms with E-state index >= 15 is 0 Å². The minimum absolute atomic E-state index is 0.0691. The van der Waals surface area contributed by atoms with Gasteiger partial charge >= 0.3 is 0 Å². The Morgan fingerprint density at radius 3 is 2.60 bits per heavy atom. The Morgan fingerprint density at radius 1 is 1.16 bits per heavy atom. The van der Waals surface area contributed by atoms with Crippen molar-refractivity contribution in [2.45, 2.75) is 32.4 Å². The van der Waals surface area contributed by atoms with Crippen molar-refractivity contribution in [1.82, 2.24) is 14.1 Å². The van der Waals surface area contributed by atoms with E-state index in [2.05, 4.69) is 40.6 Å². The molecule has 3 aromatic rings. The molecule has 3 aromatic heterocycles. The van der Waals surface area contributed by atoms with Crippen molar-refractivity contribution in [1.29, 1.82) is 0 Å². The predicted molar refractivity (Wildman–Crippen MR) is 107 cm³/mol. The number of ether oxygens (including phenoxy) is 1. The minimum Gasteiger partial charge on any atom is -0.361 e. The lowest BCUT2D eigenvalue weighted by molar-refractivity contribution is 0.0901. The number of nitrogens with zero attached hydrogens (tertiary/aromatic N) is 3. The Kier molecular flexibility index (Phi) is 5.26. The predicted octanol–water partition coefficient (Wildman–Crippen LogP) is 4.26. The second kappa shape index (κ2) is 7.27. The number of aromatic nitrogens is 3. The summed E-state index contributed by atoms with van der Waals surface area (Å²) in [5.41, 5.74) is 1.32. The zero-order chi connectivity index (χ0) is 18.0. The van der Waals surface area contributed by atoms with Crippen molar-refractivity contribution >= 4 is 34.9 Å². The molecule has 0 bridgehead atoms. The van der Waals surface area contributed by atoms with Crippen molar-refractivity contribution in [2.75, 3.05) is 6.61 Å². The Labute approximate surface area is 156 Å². The second-order valence-electron chi connectivity index (χ2n) is 7.27. The van der Waals surface area contributed by atoms with E-state index in [0.29, 0.717) is 12.2 Å². The molecule has 0 N–H and O–H groups in total. The van der Waals surface area contributed by atoms with E-state index < -0.39 is 8.07 Å². The van der Waals surface area contributed by atoms with Crippen molar-refractivity contribution in [3.63, 3.8) is 0 Å². The van der Waals surface area contributed by atoms with Crippen LogP contribution in [0.25, 0.3) is 16.6 Å². The number of fused-ring (bicyclic) bond motifs is 1. The molecule has 0 aliphatic rings. The largest absolute Gasteiger partial charge is 0.361 e. The van der Waals surface area contributed by atoms with Gasteiger partial charge in [-0.25, -0.2) is 4.98 Å². The molecule has 132 valence electrons. The number of hydrogen-bond acceptors (Lipinski definition) is 3. The first kappa shape index (κ1) is 18.1. The molecule has 3 heterocycles. The van der Waals surface area contributed by atoms with Crippen LogP contribution in [-0.4, -0.2) is 28.8 Å². The lowest BCUT2D eigenvalue weighted by Crippen LogP contribution is -2.23. The summed E-state index contributed by atoms with van der Waals surface area (Å²) in [4.78, 5) is 17.1. The van der Waals surface area contributed by atoms with Crippen molar-refractivity contribution in [2.24, 2.45) is 0 Å². The van der Waals surface area contributed by atoms with Gasteiger partial charge in [-0.05, 0) is 46.2 Å². The van der Waals surface area contributed by atoms with Crippen LogP contribution in [0.3, 0.4) is 0 Å². The van der Waals surface area contributed by atoms with Crippen LogP contribution in [0.15, 0.2) is 52.3 Å². The molecular weight excluding hydrogens is 398 g/mol. The van der Waals surface area contributed by atoms with E-state index in [1.807, 2.05) is 35.0 Å². The molecule has 0 saturated carbocycles. The Balaban J connectivity index is 1.87. The molecule has 0 aliphatic heterocycles. The number of hydrogen-bond donors (Lipinski definition) is 0. The summed E-state index contributed by atoms with van der Waals surface area (Å²) in [7, 11) is -1.11. The van der Waals surface area contributed by atoms with Gasteiger partial charge in [-0.1, -0.05) is 19.6 Å². The quantitative estimate of drug-likeness (QED) is 0.340. The average Bonchev–Trinajstić information content (AvgIpc) is 2.96. The van der Waals surface area contributed by atoms with Gasteiger partial charge in [0.2, 0.25) is 0 Å². The van der Waals surface area contributed by atoms with E-state index in [1.165, 1.54) is 0 Å². The van der Waals surface area contributed by atoms with Gasteiger partial charge in [0.15, 0.2) is 0 Å². The van der Waals surface area contributed by atoms with Gasteiger partial charge in [-0.2, -0.15) is 0 Å². The van der Waals surface area contributed by atoms with Crippen LogP contribution in [0.1, 0.15) is 0 Å². The lowest BCUT2D eigenvalue weighted by atomic mass is 10.3. The Morgan fingerprint density at radius 2 is 1.92 bits per heavy atom. The summed E-state index contributed by atoms with van der Waals surface area (Å²) >= 11 is 3.31. The number of pyridine rings is 2. The third-order valence-corrected chi connectivity index (χ3v) is 6.21. The maximum Gasteiger partial charge on any atom is 0.279 e. The zero-order valence-electron chi connectivity index (χ0n) is 14.7. The van der Waals surface area contributed by atoms with Crippen molar-refractivity contribution in [3.8, 4) is 5.69 Å². The normalized spacial score (nSPS) is 12.0. The van der Waals surface area contributed by atoms with Gasteiger partial charge in [-0.15, -0.1) is 0 Å². The number of halogens is 1. The summed E-state index contributed by atoms with van der Waals surface area (Å²) in [5.74, 6) is 0. The van der Waals surface area contributed by atoms with E-state index in [1.54, 1.807) is 17.0 Å². The highest BCUT2D eigenvalue weighted by molar-refractivity contribution is 9.10. The number of rotatable bonds is 6. The first-order valence-corrected chi connectivity index (χ1v) is 12.8. The van der Waals surface area contributed by atoms with Crippen LogP contribution in [0.5, 0.6) is 0 Å². The van der Waals surface area contributed by atoms with Crippen LogP contribution in [-0.2, 0) is 11.5 Å². The minimum atomic E-state index is -1.11. The SMILES string of the molecule is C[Si](C)(C)CCOCn1ccc2ccn(-c3ccc(Br)nc3)c(=O)c21. The molecule has 5 nitrogen and oxygen atoms in total. The third-order valence-electron chi connectivity index (χ3n) is 4.04. The van der Waals surface area contributed by atoms with E-state index in [-0.39, 0.29) is 5.56 Å². The van der Waals surface area contributed by atoms with Crippen LogP contribution < -0.4 is 5.56 Å². The fraction of sp³-hybridized carbons (Fsp3) is 0.333. The van der Waals surface area contributed by atoms with Crippen LogP contribution in [0.4, 0.5) is 0 Å². The summed E-state index contributed by atoms with van der Waals surface area (Å²) in [6.07, 6.45) is 5.37. The molecule has 0 fully saturated rings. The van der Waals surface area contributed by atoms with Crippen molar-refractivity contribution < 1.29 is 4.74 Å². The molecule has 0 radical (unpaired) electrons. The van der Waals surface area contributed by atoms with Gasteiger partial charge in [0.05, 0.1) is 11.9 Å². The first-order chi connectivity index (χ1) is 11.8. The molecule has 7 heteroatoms. The van der Waals surface area contributed by atoms with E-state index in [9.17, 15) is 4.79 Å². The van der Waals surface area contributed by atoms with Gasteiger partial charge in [0.25, 0.3) is 5.56 Å². The van der Waals surface area contributed by atoms with Gasteiger partial charge in [0.1, 0.15) is 16.9 Å². The first-order valence-electron chi connectivity index (χ1n) is 8.25. The third kappa shape index (κ3) is 4.29. The molecule has 0 atom stereocenters. The van der Waals surface area contributed by atoms with Gasteiger partial charge in [0, 0.05) is 32.5 Å².